The van der Waals surface area contributed by atoms with Crippen LogP contribution >= 0.6 is 0 Å². The summed E-state index contributed by atoms with van der Waals surface area (Å²) in [6.07, 6.45) is 2.50. The van der Waals surface area contributed by atoms with Crippen LogP contribution in [0.4, 0.5) is 0 Å². The summed E-state index contributed by atoms with van der Waals surface area (Å²) in [7, 11) is 1.79. The van der Waals surface area contributed by atoms with Crippen molar-refractivity contribution in [2.75, 3.05) is 33.4 Å². The van der Waals surface area contributed by atoms with Crippen molar-refractivity contribution in [3.63, 3.8) is 0 Å². The van der Waals surface area contributed by atoms with Crippen LogP contribution in [0.1, 0.15) is 47.5 Å². The maximum Gasteiger partial charge on any atom is 0.0615 e. The number of hydrogen-bond acceptors (Lipinski definition) is 3. The second kappa shape index (κ2) is 10.8. The molecule has 0 saturated heterocycles. The van der Waals surface area contributed by atoms with Gasteiger partial charge in [0.15, 0.2) is 0 Å². The molecule has 0 rings (SSSR count). The Bertz CT molecular complexity index is 185. The van der Waals surface area contributed by atoms with E-state index in [0.29, 0.717) is 12.1 Å². The van der Waals surface area contributed by atoms with E-state index >= 15 is 0 Å². The molecule has 2 atom stereocenters. The van der Waals surface area contributed by atoms with Gasteiger partial charge in [-0.2, -0.15) is 0 Å². The lowest BCUT2D eigenvalue weighted by atomic mass is 10.1. The molecule has 3 nitrogen and oxygen atoms in total. The average Bonchev–Trinajstić information content (AvgIpc) is 2.29. The van der Waals surface area contributed by atoms with Crippen LogP contribution in [-0.2, 0) is 4.74 Å². The first-order valence-electron chi connectivity index (χ1n) is 7.52. The molecule has 110 valence electrons. The summed E-state index contributed by atoms with van der Waals surface area (Å²) < 4.78 is 5.30. The predicted octanol–water partition coefficient (Wildman–Crippen LogP) is 2.76. The summed E-state index contributed by atoms with van der Waals surface area (Å²) in [5, 5.41) is 3.60. The summed E-state index contributed by atoms with van der Waals surface area (Å²) in [4.78, 5) is 2.57. The van der Waals surface area contributed by atoms with Crippen LogP contribution in [0.3, 0.4) is 0 Å². The third kappa shape index (κ3) is 7.34. The molecule has 18 heavy (non-hydrogen) atoms. The summed E-state index contributed by atoms with van der Waals surface area (Å²) in [5.41, 5.74) is 0. The zero-order valence-electron chi connectivity index (χ0n) is 13.3. The van der Waals surface area contributed by atoms with Gasteiger partial charge in [0.1, 0.15) is 0 Å². The van der Waals surface area contributed by atoms with Gasteiger partial charge in [-0.25, -0.2) is 0 Å². The van der Waals surface area contributed by atoms with Crippen molar-refractivity contribution in [2.24, 2.45) is 5.92 Å². The fourth-order valence-electron chi connectivity index (χ4n) is 2.52. The third-order valence-electron chi connectivity index (χ3n) is 3.36. The van der Waals surface area contributed by atoms with E-state index < -0.39 is 0 Å². The third-order valence-corrected chi connectivity index (χ3v) is 3.36. The van der Waals surface area contributed by atoms with Crippen LogP contribution in [0.15, 0.2) is 0 Å². The lowest BCUT2D eigenvalue weighted by molar-refractivity contribution is 0.0691. The van der Waals surface area contributed by atoms with E-state index in [4.69, 9.17) is 4.74 Å². The second-order valence-electron chi connectivity index (χ2n) is 5.63. The minimum Gasteiger partial charge on any atom is -0.383 e. The minimum absolute atomic E-state index is 0.498. The number of methoxy groups -OCH3 is 1. The highest BCUT2D eigenvalue weighted by molar-refractivity contribution is 4.78. The van der Waals surface area contributed by atoms with Gasteiger partial charge in [-0.1, -0.05) is 34.1 Å². The molecule has 2 unspecified atom stereocenters. The van der Waals surface area contributed by atoms with Gasteiger partial charge in [0, 0.05) is 25.7 Å². The van der Waals surface area contributed by atoms with Crippen LogP contribution < -0.4 is 5.32 Å². The monoisotopic (exact) mass is 258 g/mol. The molecule has 0 aliphatic heterocycles. The van der Waals surface area contributed by atoms with Crippen LogP contribution in [-0.4, -0.2) is 50.3 Å². The largest absolute Gasteiger partial charge is 0.383 e. The Morgan fingerprint density at radius 3 is 2.22 bits per heavy atom. The maximum atomic E-state index is 5.30. The zero-order chi connectivity index (χ0) is 14.0. The van der Waals surface area contributed by atoms with Crippen LogP contribution in [0.25, 0.3) is 0 Å². The molecule has 0 spiro atoms. The highest BCUT2D eigenvalue weighted by atomic mass is 16.5. The van der Waals surface area contributed by atoms with Crippen molar-refractivity contribution in [1.29, 1.82) is 0 Å². The van der Waals surface area contributed by atoms with Gasteiger partial charge >= 0.3 is 0 Å². The van der Waals surface area contributed by atoms with Gasteiger partial charge in [0.25, 0.3) is 0 Å². The maximum absolute atomic E-state index is 5.30. The standard InChI is InChI=1S/C15H34N2O/c1-7-9-15(11-16-10-13(3)4)17(8-2)14(5)12-18-6/h13-16H,7-12H2,1-6H3. The summed E-state index contributed by atoms with van der Waals surface area (Å²) in [6, 6.07) is 1.13. The van der Waals surface area contributed by atoms with Crippen LogP contribution in [0, 0.1) is 5.92 Å². The van der Waals surface area contributed by atoms with Gasteiger partial charge in [0.05, 0.1) is 6.61 Å². The lowest BCUT2D eigenvalue weighted by Gasteiger charge is -2.35. The summed E-state index contributed by atoms with van der Waals surface area (Å²) in [6.45, 7) is 15.4. The van der Waals surface area contributed by atoms with Gasteiger partial charge in [-0.05, 0) is 32.4 Å². The Labute approximate surface area is 114 Å². The van der Waals surface area contributed by atoms with Crippen molar-refractivity contribution in [1.82, 2.24) is 10.2 Å². The Morgan fingerprint density at radius 2 is 1.78 bits per heavy atom. The topological polar surface area (TPSA) is 24.5 Å². The molecule has 3 heteroatoms. The van der Waals surface area contributed by atoms with Crippen molar-refractivity contribution in [3.8, 4) is 0 Å². The number of likely N-dealkylation sites (N-methyl/N-ethyl adjacent to an activating group) is 1. The first kappa shape index (κ1) is 17.9. The predicted molar refractivity (Wildman–Crippen MR) is 80.1 cm³/mol. The van der Waals surface area contributed by atoms with Gasteiger partial charge in [-0.15, -0.1) is 0 Å². The van der Waals surface area contributed by atoms with Gasteiger partial charge in [0.2, 0.25) is 0 Å². The van der Waals surface area contributed by atoms with E-state index in [-0.39, 0.29) is 0 Å². The van der Waals surface area contributed by atoms with E-state index in [0.717, 1.165) is 32.2 Å². The van der Waals surface area contributed by atoms with E-state index in [9.17, 15) is 0 Å². The van der Waals surface area contributed by atoms with E-state index in [1.807, 2.05) is 0 Å². The normalized spacial score (nSPS) is 15.3. The smallest absolute Gasteiger partial charge is 0.0615 e. The van der Waals surface area contributed by atoms with Crippen molar-refractivity contribution in [2.45, 2.75) is 59.5 Å². The SMILES string of the molecule is CCCC(CNCC(C)C)N(CC)C(C)COC. The Balaban J connectivity index is 4.32. The number of ether oxygens (including phenoxy) is 1. The highest BCUT2D eigenvalue weighted by Crippen LogP contribution is 2.11. The van der Waals surface area contributed by atoms with Crippen molar-refractivity contribution in [3.05, 3.63) is 0 Å². The van der Waals surface area contributed by atoms with Crippen LogP contribution in [0.2, 0.25) is 0 Å². The Hall–Kier alpha value is -0.120. The van der Waals surface area contributed by atoms with Crippen molar-refractivity contribution >= 4 is 0 Å². The van der Waals surface area contributed by atoms with E-state index in [1.165, 1.54) is 12.8 Å². The van der Waals surface area contributed by atoms with E-state index in [1.54, 1.807) is 7.11 Å². The Morgan fingerprint density at radius 1 is 1.11 bits per heavy atom. The molecule has 1 N–H and O–H groups in total. The van der Waals surface area contributed by atoms with Gasteiger partial charge < -0.3 is 10.1 Å². The van der Waals surface area contributed by atoms with Gasteiger partial charge in [-0.3, -0.25) is 4.90 Å². The fourth-order valence-corrected chi connectivity index (χ4v) is 2.52. The molecule has 0 aliphatic carbocycles. The number of nitrogens with one attached hydrogen (secondary N) is 1. The summed E-state index contributed by atoms with van der Waals surface area (Å²) in [5.74, 6) is 0.721. The quantitative estimate of drug-likeness (QED) is 0.617. The molecule has 0 bridgehead atoms. The number of hydrogen-bond donors (Lipinski definition) is 1. The zero-order valence-corrected chi connectivity index (χ0v) is 13.3. The van der Waals surface area contributed by atoms with Crippen molar-refractivity contribution < 1.29 is 4.74 Å². The first-order chi connectivity index (χ1) is 8.56. The Kier molecular flexibility index (Phi) is 10.7. The molecule has 0 aromatic carbocycles. The molecule has 0 radical (unpaired) electrons. The molecule has 0 heterocycles. The second-order valence-corrected chi connectivity index (χ2v) is 5.63. The lowest BCUT2D eigenvalue weighted by Crippen LogP contribution is -2.48. The molecule has 0 saturated carbocycles. The molecule has 0 aromatic rings. The fraction of sp³-hybridized carbons (Fsp3) is 1.00. The molecule has 0 aromatic heterocycles. The first-order valence-corrected chi connectivity index (χ1v) is 7.52. The molecular weight excluding hydrogens is 224 g/mol. The average molecular weight is 258 g/mol. The molecular formula is C15H34N2O. The minimum atomic E-state index is 0.498. The van der Waals surface area contributed by atoms with Crippen LogP contribution in [0.5, 0.6) is 0 Å². The molecule has 0 aliphatic rings. The highest BCUT2D eigenvalue weighted by Gasteiger charge is 2.21. The number of rotatable bonds is 11. The van der Waals surface area contributed by atoms with E-state index in [2.05, 4.69) is 44.8 Å². The number of nitrogens with zero attached hydrogens (tertiary/aromatic N) is 1. The summed E-state index contributed by atoms with van der Waals surface area (Å²) >= 11 is 0. The molecule has 0 amide bonds. The molecule has 0 fully saturated rings.